The summed E-state index contributed by atoms with van der Waals surface area (Å²) < 4.78 is 31.1. The second kappa shape index (κ2) is 7.53. The van der Waals surface area contributed by atoms with Crippen LogP contribution in [0.25, 0.3) is 10.2 Å². The van der Waals surface area contributed by atoms with Gasteiger partial charge < -0.3 is 0 Å². The summed E-state index contributed by atoms with van der Waals surface area (Å²) in [6.07, 6.45) is 0. The second-order valence-corrected chi connectivity index (χ2v) is 8.69. The topological polar surface area (TPSA) is 68.6 Å². The predicted octanol–water partition coefficient (Wildman–Crippen LogP) is 4.76. The molecule has 1 aromatic heterocycles. The number of aryl methyl sites for hydroxylation is 1. The van der Waals surface area contributed by atoms with Crippen molar-refractivity contribution in [1.29, 1.82) is 0 Å². The van der Waals surface area contributed by atoms with E-state index in [9.17, 15) is 8.42 Å². The molecular weight excluding hydrogens is 392 g/mol. The molecule has 0 aliphatic carbocycles. The van der Waals surface area contributed by atoms with Gasteiger partial charge in [0.1, 0.15) is 15.6 Å². The Balaban J connectivity index is 1.76. The maximum Gasteiger partial charge on any atom is 0.358 e. The summed E-state index contributed by atoms with van der Waals surface area (Å²) >= 11 is 1.43. The van der Waals surface area contributed by atoms with Gasteiger partial charge in [-0.3, -0.25) is 4.28 Å². The highest BCUT2D eigenvalue weighted by Crippen LogP contribution is 2.25. The highest BCUT2D eigenvalue weighted by Gasteiger charge is 2.19. The van der Waals surface area contributed by atoms with E-state index in [1.165, 1.54) is 23.5 Å². The van der Waals surface area contributed by atoms with Gasteiger partial charge in [-0.05, 0) is 31.2 Å². The van der Waals surface area contributed by atoms with E-state index in [1.54, 1.807) is 12.1 Å². The van der Waals surface area contributed by atoms with Crippen LogP contribution >= 0.6 is 11.3 Å². The summed E-state index contributed by atoms with van der Waals surface area (Å²) in [4.78, 5) is 4.64. The van der Waals surface area contributed by atoms with E-state index in [0.717, 1.165) is 21.3 Å². The molecule has 3 aromatic carbocycles. The van der Waals surface area contributed by atoms with Crippen molar-refractivity contribution in [2.45, 2.75) is 11.8 Å². The van der Waals surface area contributed by atoms with Gasteiger partial charge in [-0.15, -0.1) is 11.3 Å². The molecule has 0 amide bonds. The van der Waals surface area contributed by atoms with Crippen molar-refractivity contribution in [2.24, 2.45) is 5.16 Å². The fourth-order valence-corrected chi connectivity index (χ4v) is 4.32. The summed E-state index contributed by atoms with van der Waals surface area (Å²) in [5, 5.41) is 4.60. The van der Waals surface area contributed by atoms with Gasteiger partial charge in [0.25, 0.3) is 0 Å². The number of hydrogen-bond donors (Lipinski definition) is 0. The standard InChI is InChI=1S/C21H16N2O3S2/c1-15-11-13-17(14-12-15)28(24,25)26-23-20(16-7-3-2-4-8-16)21-22-18-9-5-6-10-19(18)27-21/h2-14H,1H3/b23-20+. The first-order valence-electron chi connectivity index (χ1n) is 8.53. The van der Waals surface area contributed by atoms with Crippen molar-refractivity contribution in [2.75, 3.05) is 0 Å². The van der Waals surface area contributed by atoms with Crippen LogP contribution in [0.5, 0.6) is 0 Å². The van der Waals surface area contributed by atoms with E-state index in [-0.39, 0.29) is 4.90 Å². The van der Waals surface area contributed by atoms with Crippen LogP contribution in [0.2, 0.25) is 0 Å². The largest absolute Gasteiger partial charge is 0.358 e. The fourth-order valence-electron chi connectivity index (χ4n) is 2.62. The third-order valence-corrected chi connectivity index (χ3v) is 6.24. The Labute approximate surface area is 167 Å². The van der Waals surface area contributed by atoms with Gasteiger partial charge in [-0.2, -0.15) is 8.42 Å². The van der Waals surface area contributed by atoms with Crippen LogP contribution in [0.3, 0.4) is 0 Å². The minimum Gasteiger partial charge on any atom is -0.264 e. The van der Waals surface area contributed by atoms with Gasteiger partial charge in [0.15, 0.2) is 0 Å². The molecule has 0 atom stereocenters. The lowest BCUT2D eigenvalue weighted by Crippen LogP contribution is -2.08. The SMILES string of the molecule is Cc1ccc(S(=O)(=O)O/N=C(\c2ccccc2)c2nc3ccccc3s2)cc1. The number of benzene rings is 3. The van der Waals surface area contributed by atoms with E-state index in [2.05, 4.69) is 10.1 Å². The van der Waals surface area contributed by atoms with E-state index in [0.29, 0.717) is 10.7 Å². The number of thiazole rings is 1. The molecule has 140 valence electrons. The van der Waals surface area contributed by atoms with Crippen molar-refractivity contribution in [1.82, 2.24) is 4.98 Å². The van der Waals surface area contributed by atoms with E-state index < -0.39 is 10.1 Å². The summed E-state index contributed by atoms with van der Waals surface area (Å²) in [5.41, 5.74) is 2.88. The first-order valence-corrected chi connectivity index (χ1v) is 10.7. The van der Waals surface area contributed by atoms with Crippen LogP contribution < -0.4 is 0 Å². The second-order valence-electron chi connectivity index (χ2n) is 6.13. The monoisotopic (exact) mass is 408 g/mol. The molecule has 28 heavy (non-hydrogen) atoms. The Morgan fingerprint density at radius 1 is 0.929 bits per heavy atom. The first-order chi connectivity index (χ1) is 13.5. The molecule has 0 unspecified atom stereocenters. The summed E-state index contributed by atoms with van der Waals surface area (Å²) in [7, 11) is -4.03. The van der Waals surface area contributed by atoms with Crippen molar-refractivity contribution < 1.29 is 12.7 Å². The number of nitrogens with zero attached hydrogens (tertiary/aromatic N) is 2. The zero-order valence-electron chi connectivity index (χ0n) is 14.9. The Bertz CT molecular complexity index is 1210. The van der Waals surface area contributed by atoms with Crippen molar-refractivity contribution in [3.63, 3.8) is 0 Å². The molecule has 0 aliphatic heterocycles. The highest BCUT2D eigenvalue weighted by atomic mass is 32.2. The minimum absolute atomic E-state index is 0.0542. The zero-order valence-corrected chi connectivity index (χ0v) is 16.6. The lowest BCUT2D eigenvalue weighted by molar-refractivity contribution is 0.339. The molecule has 1 heterocycles. The third-order valence-electron chi connectivity index (χ3n) is 4.08. The molecule has 0 N–H and O–H groups in total. The highest BCUT2D eigenvalue weighted by molar-refractivity contribution is 7.86. The van der Waals surface area contributed by atoms with Gasteiger partial charge in [0, 0.05) is 5.56 Å². The number of rotatable bonds is 5. The Kier molecular flexibility index (Phi) is 4.93. The molecular formula is C21H16N2O3S2. The molecule has 0 fully saturated rings. The smallest absolute Gasteiger partial charge is 0.264 e. The third kappa shape index (κ3) is 3.81. The molecule has 4 rings (SSSR count). The summed E-state index contributed by atoms with van der Waals surface area (Å²) in [6, 6.07) is 23.4. The number of fused-ring (bicyclic) bond motifs is 1. The van der Waals surface area contributed by atoms with Gasteiger partial charge >= 0.3 is 10.1 Å². The van der Waals surface area contributed by atoms with Crippen LogP contribution in [-0.2, 0) is 14.4 Å². The molecule has 0 bridgehead atoms. The molecule has 5 nitrogen and oxygen atoms in total. The molecule has 7 heteroatoms. The zero-order chi connectivity index (χ0) is 19.6. The van der Waals surface area contributed by atoms with Crippen LogP contribution in [-0.4, -0.2) is 19.1 Å². The van der Waals surface area contributed by atoms with Gasteiger partial charge in [-0.25, -0.2) is 4.98 Å². The van der Waals surface area contributed by atoms with Gasteiger partial charge in [0.05, 0.1) is 10.2 Å². The maximum atomic E-state index is 12.5. The molecule has 0 spiro atoms. The molecule has 0 radical (unpaired) electrons. The molecule has 4 aromatic rings. The van der Waals surface area contributed by atoms with Crippen LogP contribution in [0, 0.1) is 6.92 Å². The van der Waals surface area contributed by atoms with Crippen LogP contribution in [0.4, 0.5) is 0 Å². The number of oxime groups is 1. The van der Waals surface area contributed by atoms with Crippen molar-refractivity contribution >= 4 is 37.4 Å². The molecule has 0 aliphatic rings. The fraction of sp³-hybridized carbons (Fsp3) is 0.0476. The minimum atomic E-state index is -4.03. The van der Waals surface area contributed by atoms with Gasteiger partial charge in [0.2, 0.25) is 0 Å². The van der Waals surface area contributed by atoms with E-state index >= 15 is 0 Å². The Hall–Kier alpha value is -3.03. The first kappa shape index (κ1) is 18.3. The Morgan fingerprint density at radius 3 is 2.32 bits per heavy atom. The van der Waals surface area contributed by atoms with Crippen molar-refractivity contribution in [3.8, 4) is 0 Å². The maximum absolute atomic E-state index is 12.5. The summed E-state index contributed by atoms with van der Waals surface area (Å²) in [6.45, 7) is 1.88. The van der Waals surface area contributed by atoms with E-state index in [1.807, 2.05) is 61.5 Å². The summed E-state index contributed by atoms with van der Waals surface area (Å²) in [5.74, 6) is 0. The normalized spacial score (nSPS) is 12.2. The molecule has 0 saturated carbocycles. The van der Waals surface area contributed by atoms with Gasteiger partial charge in [-0.1, -0.05) is 65.3 Å². The predicted molar refractivity (Wildman–Crippen MR) is 111 cm³/mol. The number of aromatic nitrogens is 1. The lowest BCUT2D eigenvalue weighted by Gasteiger charge is -2.05. The van der Waals surface area contributed by atoms with Crippen LogP contribution in [0.1, 0.15) is 16.1 Å². The lowest BCUT2D eigenvalue weighted by atomic mass is 10.1. The van der Waals surface area contributed by atoms with E-state index in [4.69, 9.17) is 4.28 Å². The number of para-hydroxylation sites is 1. The average Bonchev–Trinajstić information content (AvgIpc) is 3.13. The quantitative estimate of drug-likeness (QED) is 0.353. The van der Waals surface area contributed by atoms with Crippen LogP contribution in [0.15, 0.2) is 88.9 Å². The molecule has 0 saturated heterocycles. The van der Waals surface area contributed by atoms with Crippen molar-refractivity contribution in [3.05, 3.63) is 95.0 Å². The number of hydrogen-bond acceptors (Lipinski definition) is 6. The average molecular weight is 409 g/mol. The Morgan fingerprint density at radius 2 is 1.61 bits per heavy atom.